The van der Waals surface area contributed by atoms with Crippen LogP contribution in [0.15, 0.2) is 24.3 Å². The van der Waals surface area contributed by atoms with Gasteiger partial charge in [0.15, 0.2) is 0 Å². The molecule has 0 aliphatic carbocycles. The van der Waals surface area contributed by atoms with E-state index in [1.165, 1.54) is 0 Å². The first-order valence-corrected chi connectivity index (χ1v) is 6.61. The number of carbonyl (C=O) groups excluding carboxylic acids is 1. The molecule has 1 fully saturated rings. The van der Waals surface area contributed by atoms with Gasteiger partial charge in [-0.3, -0.25) is 9.69 Å². The summed E-state index contributed by atoms with van der Waals surface area (Å²) in [7, 11) is 0. The van der Waals surface area contributed by atoms with Crippen molar-refractivity contribution in [2.24, 2.45) is 5.92 Å². The van der Waals surface area contributed by atoms with E-state index < -0.39 is 0 Å². The van der Waals surface area contributed by atoms with Crippen LogP contribution in [0.2, 0.25) is 0 Å². The molecule has 0 saturated carbocycles. The molecule has 1 aliphatic heterocycles. The molecule has 98 valence electrons. The van der Waals surface area contributed by atoms with E-state index in [0.717, 1.165) is 10.9 Å². The molecule has 1 aromatic heterocycles. The van der Waals surface area contributed by atoms with Crippen LogP contribution in [0, 0.1) is 5.92 Å². The highest BCUT2D eigenvalue weighted by Crippen LogP contribution is 2.30. The molecular weight excluding hydrogens is 264 g/mol. The standard InChI is InChI=1S/C13H13ClN4O/c14-6-8-5-11(19)18(7-8)12-9-3-1-2-4-10(9)16-13(15)17-12/h1-4,8H,5-7H2,(H2,15,16,17). The van der Waals surface area contributed by atoms with Crippen molar-refractivity contribution < 1.29 is 4.79 Å². The number of amides is 1. The van der Waals surface area contributed by atoms with Crippen molar-refractivity contribution >= 4 is 40.2 Å². The number of hydrogen-bond donors (Lipinski definition) is 1. The summed E-state index contributed by atoms with van der Waals surface area (Å²) in [6.45, 7) is 0.586. The maximum atomic E-state index is 12.1. The van der Waals surface area contributed by atoms with Gasteiger partial charge in [0, 0.05) is 24.2 Å². The van der Waals surface area contributed by atoms with Crippen LogP contribution >= 0.6 is 11.6 Å². The fourth-order valence-electron chi connectivity index (χ4n) is 2.37. The van der Waals surface area contributed by atoms with Gasteiger partial charge in [-0.25, -0.2) is 4.98 Å². The minimum Gasteiger partial charge on any atom is -0.368 e. The molecule has 1 amide bonds. The molecule has 19 heavy (non-hydrogen) atoms. The van der Waals surface area contributed by atoms with Gasteiger partial charge in [0.05, 0.1) is 5.52 Å². The molecule has 3 rings (SSSR count). The largest absolute Gasteiger partial charge is 0.368 e. The summed E-state index contributed by atoms with van der Waals surface area (Å²) in [5.74, 6) is 1.44. The molecular formula is C13H13ClN4O. The fraction of sp³-hybridized carbons (Fsp3) is 0.308. The summed E-state index contributed by atoms with van der Waals surface area (Å²) in [4.78, 5) is 22.1. The predicted molar refractivity (Wildman–Crippen MR) is 75.1 cm³/mol. The lowest BCUT2D eigenvalue weighted by atomic mass is 10.1. The van der Waals surface area contributed by atoms with E-state index in [4.69, 9.17) is 17.3 Å². The van der Waals surface area contributed by atoms with E-state index in [9.17, 15) is 4.79 Å². The van der Waals surface area contributed by atoms with E-state index in [1.807, 2.05) is 24.3 Å². The molecule has 1 saturated heterocycles. The Balaban J connectivity index is 2.12. The van der Waals surface area contributed by atoms with E-state index in [1.54, 1.807) is 4.90 Å². The quantitative estimate of drug-likeness (QED) is 0.849. The number of anilines is 2. The Morgan fingerprint density at radius 1 is 1.37 bits per heavy atom. The molecule has 6 heteroatoms. The highest BCUT2D eigenvalue weighted by Gasteiger charge is 2.32. The minimum atomic E-state index is 0.0360. The van der Waals surface area contributed by atoms with Gasteiger partial charge in [0.2, 0.25) is 11.9 Å². The fourth-order valence-corrected chi connectivity index (χ4v) is 2.58. The molecule has 1 aliphatic rings. The zero-order chi connectivity index (χ0) is 13.4. The van der Waals surface area contributed by atoms with E-state index in [-0.39, 0.29) is 17.8 Å². The lowest BCUT2D eigenvalue weighted by Gasteiger charge is -2.17. The van der Waals surface area contributed by atoms with E-state index in [0.29, 0.717) is 24.7 Å². The highest BCUT2D eigenvalue weighted by atomic mass is 35.5. The Kier molecular flexibility index (Phi) is 2.98. The Bertz CT molecular complexity index is 646. The van der Waals surface area contributed by atoms with Crippen LogP contribution in [-0.2, 0) is 4.79 Å². The number of para-hydroxylation sites is 1. The summed E-state index contributed by atoms with van der Waals surface area (Å²) >= 11 is 5.84. The van der Waals surface area contributed by atoms with Crippen LogP contribution in [0.3, 0.4) is 0 Å². The summed E-state index contributed by atoms with van der Waals surface area (Å²) in [6.07, 6.45) is 0.460. The Labute approximate surface area is 115 Å². The zero-order valence-electron chi connectivity index (χ0n) is 10.2. The number of carbonyl (C=O) groups is 1. The number of aromatic nitrogens is 2. The third kappa shape index (κ3) is 2.10. The van der Waals surface area contributed by atoms with Crippen LogP contribution < -0.4 is 10.6 Å². The van der Waals surface area contributed by atoms with Gasteiger partial charge >= 0.3 is 0 Å². The van der Waals surface area contributed by atoms with Crippen molar-refractivity contribution in [1.82, 2.24) is 9.97 Å². The molecule has 0 bridgehead atoms. The van der Waals surface area contributed by atoms with Gasteiger partial charge < -0.3 is 5.73 Å². The molecule has 2 N–H and O–H groups in total. The first-order valence-electron chi connectivity index (χ1n) is 6.07. The number of rotatable bonds is 2. The van der Waals surface area contributed by atoms with E-state index >= 15 is 0 Å². The number of nitrogens with two attached hydrogens (primary N) is 1. The van der Waals surface area contributed by atoms with Crippen LogP contribution in [-0.4, -0.2) is 28.3 Å². The molecule has 0 radical (unpaired) electrons. The van der Waals surface area contributed by atoms with Gasteiger partial charge in [0.1, 0.15) is 5.82 Å². The van der Waals surface area contributed by atoms with Crippen molar-refractivity contribution in [3.63, 3.8) is 0 Å². The third-order valence-corrected chi connectivity index (χ3v) is 3.72. The van der Waals surface area contributed by atoms with Gasteiger partial charge in [-0.1, -0.05) is 12.1 Å². The van der Waals surface area contributed by atoms with Gasteiger partial charge in [-0.05, 0) is 18.1 Å². The van der Waals surface area contributed by atoms with Crippen LogP contribution in [0.1, 0.15) is 6.42 Å². The van der Waals surface area contributed by atoms with Crippen molar-refractivity contribution in [3.05, 3.63) is 24.3 Å². The number of benzene rings is 1. The molecule has 5 nitrogen and oxygen atoms in total. The number of nitrogens with zero attached hydrogens (tertiary/aromatic N) is 3. The van der Waals surface area contributed by atoms with Crippen LogP contribution in [0.4, 0.5) is 11.8 Å². The predicted octanol–water partition coefficient (Wildman–Crippen LogP) is 1.80. The Hall–Kier alpha value is -1.88. The monoisotopic (exact) mass is 276 g/mol. The second kappa shape index (κ2) is 4.66. The Morgan fingerprint density at radius 3 is 2.89 bits per heavy atom. The van der Waals surface area contributed by atoms with E-state index in [2.05, 4.69) is 9.97 Å². The lowest BCUT2D eigenvalue weighted by molar-refractivity contribution is -0.117. The molecule has 2 heterocycles. The highest BCUT2D eigenvalue weighted by molar-refractivity contribution is 6.18. The summed E-state index contributed by atoms with van der Waals surface area (Å²) in [6, 6.07) is 7.53. The molecule has 1 unspecified atom stereocenters. The number of hydrogen-bond acceptors (Lipinski definition) is 4. The number of nitrogen functional groups attached to an aromatic ring is 1. The van der Waals surface area contributed by atoms with Gasteiger partial charge in [-0.15, -0.1) is 11.6 Å². The summed E-state index contributed by atoms with van der Waals surface area (Å²) in [5.41, 5.74) is 6.46. The maximum Gasteiger partial charge on any atom is 0.228 e. The number of fused-ring (bicyclic) bond motifs is 1. The summed E-state index contributed by atoms with van der Waals surface area (Å²) < 4.78 is 0. The topological polar surface area (TPSA) is 72.1 Å². The zero-order valence-corrected chi connectivity index (χ0v) is 11.0. The maximum absolute atomic E-state index is 12.1. The summed E-state index contributed by atoms with van der Waals surface area (Å²) in [5, 5.41) is 0.834. The first-order chi connectivity index (χ1) is 9.19. The van der Waals surface area contributed by atoms with Crippen molar-refractivity contribution in [2.45, 2.75) is 6.42 Å². The molecule has 2 aromatic rings. The molecule has 0 spiro atoms. The first kappa shape index (κ1) is 12.2. The minimum absolute atomic E-state index is 0.0360. The third-order valence-electron chi connectivity index (χ3n) is 3.28. The van der Waals surface area contributed by atoms with Crippen molar-refractivity contribution in [3.8, 4) is 0 Å². The second-order valence-corrected chi connectivity index (χ2v) is 4.96. The Morgan fingerprint density at radius 2 is 2.16 bits per heavy atom. The smallest absolute Gasteiger partial charge is 0.228 e. The SMILES string of the molecule is Nc1nc(N2CC(CCl)CC2=O)c2ccccc2n1. The van der Waals surface area contributed by atoms with Gasteiger partial charge in [0.25, 0.3) is 0 Å². The number of halogens is 1. The van der Waals surface area contributed by atoms with Crippen LogP contribution in [0.25, 0.3) is 10.9 Å². The number of alkyl halides is 1. The lowest BCUT2D eigenvalue weighted by Crippen LogP contribution is -2.26. The average Bonchev–Trinajstić information content (AvgIpc) is 2.79. The molecule has 1 aromatic carbocycles. The van der Waals surface area contributed by atoms with Crippen LogP contribution in [0.5, 0.6) is 0 Å². The average molecular weight is 277 g/mol. The second-order valence-electron chi connectivity index (χ2n) is 4.65. The van der Waals surface area contributed by atoms with Crippen molar-refractivity contribution in [1.29, 1.82) is 0 Å². The van der Waals surface area contributed by atoms with Crippen molar-refractivity contribution in [2.75, 3.05) is 23.1 Å². The van der Waals surface area contributed by atoms with Gasteiger partial charge in [-0.2, -0.15) is 4.98 Å². The molecule has 1 atom stereocenters. The normalized spacial score (nSPS) is 19.3.